The summed E-state index contributed by atoms with van der Waals surface area (Å²) in [6, 6.07) is 21.0. The lowest BCUT2D eigenvalue weighted by molar-refractivity contribution is 0.293. The lowest BCUT2D eigenvalue weighted by atomic mass is 10.1. The van der Waals surface area contributed by atoms with Crippen LogP contribution in [0.5, 0.6) is 6.01 Å². The van der Waals surface area contributed by atoms with Gasteiger partial charge in [0.05, 0.1) is 23.9 Å². The van der Waals surface area contributed by atoms with Crippen molar-refractivity contribution in [2.75, 3.05) is 11.9 Å². The fraction of sp³-hybridized carbons (Fsp3) is 0.261. The van der Waals surface area contributed by atoms with Gasteiger partial charge in [-0.05, 0) is 37.5 Å². The SMILES string of the molecule is CCCOc1nc(N[C@H](C)Cc2ccccc2)c2cnn(-c3ccccc3)c2n1. The number of nitrogens with one attached hydrogen (secondary N) is 1. The average molecular weight is 387 g/mol. The largest absolute Gasteiger partial charge is 0.463 e. The van der Waals surface area contributed by atoms with E-state index in [4.69, 9.17) is 4.74 Å². The Bertz CT molecular complexity index is 1060. The molecule has 4 aromatic rings. The third-order valence-electron chi connectivity index (χ3n) is 4.61. The van der Waals surface area contributed by atoms with Crippen LogP contribution in [0.4, 0.5) is 5.82 Å². The maximum Gasteiger partial charge on any atom is 0.320 e. The quantitative estimate of drug-likeness (QED) is 0.477. The second kappa shape index (κ2) is 8.73. The van der Waals surface area contributed by atoms with Gasteiger partial charge < -0.3 is 10.1 Å². The Morgan fingerprint density at radius 3 is 2.45 bits per heavy atom. The summed E-state index contributed by atoms with van der Waals surface area (Å²) in [6.07, 6.45) is 3.60. The van der Waals surface area contributed by atoms with Crippen molar-refractivity contribution >= 4 is 16.9 Å². The molecule has 0 amide bonds. The number of hydrogen-bond acceptors (Lipinski definition) is 5. The zero-order valence-corrected chi connectivity index (χ0v) is 16.7. The van der Waals surface area contributed by atoms with Gasteiger partial charge in [0.15, 0.2) is 5.65 Å². The smallest absolute Gasteiger partial charge is 0.320 e. The summed E-state index contributed by atoms with van der Waals surface area (Å²) < 4.78 is 7.58. The number of fused-ring (bicyclic) bond motifs is 1. The fourth-order valence-corrected chi connectivity index (χ4v) is 3.27. The Hall–Kier alpha value is -3.41. The van der Waals surface area contributed by atoms with Crippen LogP contribution in [0.1, 0.15) is 25.8 Å². The number of hydrogen-bond donors (Lipinski definition) is 1. The number of ether oxygens (including phenoxy) is 1. The number of benzene rings is 2. The topological polar surface area (TPSA) is 64.9 Å². The van der Waals surface area contributed by atoms with E-state index in [2.05, 4.69) is 58.5 Å². The molecule has 2 heterocycles. The van der Waals surface area contributed by atoms with Crippen molar-refractivity contribution in [3.05, 3.63) is 72.4 Å². The molecular weight excluding hydrogens is 362 g/mol. The van der Waals surface area contributed by atoms with Crippen LogP contribution in [0.25, 0.3) is 16.7 Å². The van der Waals surface area contributed by atoms with E-state index in [1.54, 1.807) is 0 Å². The summed E-state index contributed by atoms with van der Waals surface area (Å²) in [6.45, 7) is 4.78. The zero-order chi connectivity index (χ0) is 20.1. The van der Waals surface area contributed by atoms with Crippen LogP contribution in [0, 0.1) is 0 Å². The van der Waals surface area contributed by atoms with Crippen LogP contribution in [0.15, 0.2) is 66.9 Å². The minimum atomic E-state index is 0.189. The molecule has 0 aliphatic heterocycles. The predicted molar refractivity (Wildman–Crippen MR) is 116 cm³/mol. The molecule has 0 saturated carbocycles. The Balaban J connectivity index is 1.69. The van der Waals surface area contributed by atoms with Gasteiger partial charge in [-0.25, -0.2) is 4.68 Å². The number of rotatable bonds is 8. The molecule has 29 heavy (non-hydrogen) atoms. The first kappa shape index (κ1) is 18.9. The van der Waals surface area contributed by atoms with Gasteiger partial charge in [-0.3, -0.25) is 0 Å². The molecule has 148 valence electrons. The van der Waals surface area contributed by atoms with Gasteiger partial charge in [-0.2, -0.15) is 15.1 Å². The highest BCUT2D eigenvalue weighted by Crippen LogP contribution is 2.26. The molecule has 0 bridgehead atoms. The highest BCUT2D eigenvalue weighted by atomic mass is 16.5. The van der Waals surface area contributed by atoms with Gasteiger partial charge in [-0.15, -0.1) is 0 Å². The van der Waals surface area contributed by atoms with Crippen molar-refractivity contribution in [2.45, 2.75) is 32.7 Å². The molecule has 2 aromatic carbocycles. The van der Waals surface area contributed by atoms with Gasteiger partial charge >= 0.3 is 6.01 Å². The van der Waals surface area contributed by atoms with Crippen molar-refractivity contribution in [3.63, 3.8) is 0 Å². The van der Waals surface area contributed by atoms with E-state index in [1.807, 2.05) is 47.3 Å². The van der Waals surface area contributed by atoms with Crippen molar-refractivity contribution in [1.29, 1.82) is 0 Å². The number of aromatic nitrogens is 4. The maximum absolute atomic E-state index is 5.76. The Kier molecular flexibility index (Phi) is 5.70. The van der Waals surface area contributed by atoms with Crippen molar-refractivity contribution in [3.8, 4) is 11.7 Å². The van der Waals surface area contributed by atoms with Gasteiger partial charge in [-0.1, -0.05) is 55.5 Å². The van der Waals surface area contributed by atoms with Crippen LogP contribution in [0.2, 0.25) is 0 Å². The van der Waals surface area contributed by atoms with Crippen molar-refractivity contribution in [1.82, 2.24) is 19.7 Å². The molecule has 1 N–H and O–H groups in total. The van der Waals surface area contributed by atoms with Crippen LogP contribution in [0.3, 0.4) is 0 Å². The van der Waals surface area contributed by atoms with E-state index in [1.165, 1.54) is 5.56 Å². The molecule has 0 unspecified atom stereocenters. The zero-order valence-electron chi connectivity index (χ0n) is 16.7. The minimum Gasteiger partial charge on any atom is -0.463 e. The third-order valence-corrected chi connectivity index (χ3v) is 4.61. The summed E-state index contributed by atoms with van der Waals surface area (Å²) >= 11 is 0. The molecule has 0 saturated heterocycles. The van der Waals surface area contributed by atoms with Crippen molar-refractivity contribution < 1.29 is 4.74 Å². The second-order valence-corrected chi connectivity index (χ2v) is 7.07. The Morgan fingerprint density at radius 1 is 1.00 bits per heavy atom. The van der Waals surface area contributed by atoms with Crippen LogP contribution >= 0.6 is 0 Å². The van der Waals surface area contributed by atoms with E-state index in [-0.39, 0.29) is 6.04 Å². The minimum absolute atomic E-state index is 0.189. The fourth-order valence-electron chi connectivity index (χ4n) is 3.27. The summed E-state index contributed by atoms with van der Waals surface area (Å²) in [7, 11) is 0. The molecule has 0 aliphatic rings. The van der Waals surface area contributed by atoms with E-state index in [0.29, 0.717) is 12.6 Å². The molecule has 0 fully saturated rings. The standard InChI is InChI=1S/C23H25N5O/c1-3-14-29-23-26-21(25-17(2)15-18-10-6-4-7-11-18)20-16-24-28(22(20)27-23)19-12-8-5-9-13-19/h4-13,16-17H,3,14-15H2,1-2H3,(H,25,26,27)/t17-/m1/s1. The predicted octanol–water partition coefficient (Wildman–Crippen LogP) is 4.65. The maximum atomic E-state index is 5.76. The number of anilines is 1. The molecule has 0 aliphatic carbocycles. The van der Waals surface area contributed by atoms with E-state index >= 15 is 0 Å². The van der Waals surface area contributed by atoms with Crippen molar-refractivity contribution in [2.24, 2.45) is 0 Å². The number of nitrogens with zero attached hydrogens (tertiary/aromatic N) is 4. The summed E-state index contributed by atoms with van der Waals surface area (Å²) in [5.41, 5.74) is 2.96. The van der Waals surface area contributed by atoms with Crippen LogP contribution in [-0.2, 0) is 6.42 Å². The highest BCUT2D eigenvalue weighted by molar-refractivity contribution is 5.87. The lowest BCUT2D eigenvalue weighted by Crippen LogP contribution is -2.19. The summed E-state index contributed by atoms with van der Waals surface area (Å²) in [5.74, 6) is 0.742. The average Bonchev–Trinajstić information content (AvgIpc) is 3.18. The molecule has 1 atom stereocenters. The third kappa shape index (κ3) is 4.37. The molecule has 6 heteroatoms. The lowest BCUT2D eigenvalue weighted by Gasteiger charge is -2.16. The van der Waals surface area contributed by atoms with E-state index < -0.39 is 0 Å². The summed E-state index contributed by atoms with van der Waals surface area (Å²) in [4.78, 5) is 9.26. The first-order chi connectivity index (χ1) is 14.2. The first-order valence-corrected chi connectivity index (χ1v) is 9.99. The molecule has 4 rings (SSSR count). The Morgan fingerprint density at radius 2 is 1.72 bits per heavy atom. The molecule has 0 radical (unpaired) electrons. The molecule has 2 aromatic heterocycles. The highest BCUT2D eigenvalue weighted by Gasteiger charge is 2.16. The van der Waals surface area contributed by atoms with Crippen LogP contribution in [-0.4, -0.2) is 32.4 Å². The van der Waals surface area contributed by atoms with Gasteiger partial charge in [0.1, 0.15) is 5.82 Å². The Labute approximate surface area is 170 Å². The van der Waals surface area contributed by atoms with Gasteiger partial charge in [0.2, 0.25) is 0 Å². The van der Waals surface area contributed by atoms with E-state index in [9.17, 15) is 0 Å². The number of para-hydroxylation sites is 1. The molecule has 6 nitrogen and oxygen atoms in total. The molecule has 0 spiro atoms. The van der Waals surface area contributed by atoms with E-state index in [0.717, 1.165) is 35.4 Å². The molecular formula is C23H25N5O. The van der Waals surface area contributed by atoms with Gasteiger partial charge in [0, 0.05) is 6.04 Å². The first-order valence-electron chi connectivity index (χ1n) is 9.99. The summed E-state index contributed by atoms with van der Waals surface area (Å²) in [5, 5.41) is 8.96. The normalized spacial score (nSPS) is 12.1. The second-order valence-electron chi connectivity index (χ2n) is 7.07. The van der Waals surface area contributed by atoms with Gasteiger partial charge in [0.25, 0.3) is 0 Å². The monoisotopic (exact) mass is 387 g/mol. The van der Waals surface area contributed by atoms with Crippen LogP contribution < -0.4 is 10.1 Å².